The average Bonchev–Trinajstić information content (AvgIpc) is 2.36. The second kappa shape index (κ2) is 5.61. The van der Waals surface area contributed by atoms with Gasteiger partial charge in [0.2, 0.25) is 16.5 Å². The Labute approximate surface area is 112 Å². The molecule has 18 heavy (non-hydrogen) atoms. The molecule has 0 unspecified atom stereocenters. The van der Waals surface area contributed by atoms with Crippen molar-refractivity contribution in [1.29, 1.82) is 0 Å². The lowest BCUT2D eigenvalue weighted by atomic mass is 10.2. The molecular weight excluding hydrogens is 277 g/mol. The normalized spacial score (nSPS) is 9.89. The van der Waals surface area contributed by atoms with Crippen LogP contribution in [0.2, 0.25) is 10.6 Å². The Morgan fingerprint density at radius 2 is 1.61 bits per heavy atom. The van der Waals surface area contributed by atoms with E-state index in [1.807, 2.05) is 6.07 Å². The number of aromatic nitrogens is 3. The fraction of sp³-hybridized carbons (Fsp3) is 0. The van der Waals surface area contributed by atoms with E-state index in [-0.39, 0.29) is 22.4 Å². The van der Waals surface area contributed by atoms with E-state index in [2.05, 4.69) is 25.8 Å². The lowest BCUT2D eigenvalue weighted by molar-refractivity contribution is 0.0962. The SMILES string of the molecule is O=C(NNc1nc(Cl)nc(Cl)n1)c1ccccc1. The van der Waals surface area contributed by atoms with E-state index >= 15 is 0 Å². The molecule has 2 N–H and O–H groups in total. The molecule has 6 nitrogen and oxygen atoms in total. The zero-order chi connectivity index (χ0) is 13.0. The van der Waals surface area contributed by atoms with Crippen molar-refractivity contribution in [3.05, 3.63) is 46.5 Å². The minimum atomic E-state index is -0.330. The third kappa shape index (κ3) is 3.28. The molecule has 92 valence electrons. The third-order valence-corrected chi connectivity index (χ3v) is 2.24. The summed E-state index contributed by atoms with van der Waals surface area (Å²) >= 11 is 11.2. The molecule has 8 heteroatoms. The Kier molecular flexibility index (Phi) is 3.91. The molecule has 1 heterocycles. The Bertz CT molecular complexity index is 543. The minimum Gasteiger partial charge on any atom is -0.267 e. The van der Waals surface area contributed by atoms with Gasteiger partial charge < -0.3 is 0 Å². The molecule has 0 aliphatic rings. The van der Waals surface area contributed by atoms with Crippen LogP contribution in [0.5, 0.6) is 0 Å². The predicted molar refractivity (Wildman–Crippen MR) is 67.4 cm³/mol. The summed E-state index contributed by atoms with van der Waals surface area (Å²) in [7, 11) is 0. The maximum Gasteiger partial charge on any atom is 0.269 e. The van der Waals surface area contributed by atoms with E-state index in [0.29, 0.717) is 5.56 Å². The molecule has 0 bridgehead atoms. The molecule has 0 aliphatic carbocycles. The number of anilines is 1. The van der Waals surface area contributed by atoms with Gasteiger partial charge in [0.1, 0.15) is 0 Å². The number of halogens is 2. The predicted octanol–water partition coefficient (Wildman–Crippen LogP) is 1.94. The van der Waals surface area contributed by atoms with Crippen molar-refractivity contribution in [2.24, 2.45) is 0 Å². The largest absolute Gasteiger partial charge is 0.269 e. The Morgan fingerprint density at radius 3 is 2.22 bits per heavy atom. The van der Waals surface area contributed by atoms with Crippen LogP contribution in [0.25, 0.3) is 0 Å². The summed E-state index contributed by atoms with van der Waals surface area (Å²) in [6.07, 6.45) is 0. The number of carbonyl (C=O) groups is 1. The zero-order valence-corrected chi connectivity index (χ0v) is 10.4. The van der Waals surface area contributed by atoms with E-state index in [0.717, 1.165) is 0 Å². The summed E-state index contributed by atoms with van der Waals surface area (Å²) < 4.78 is 0. The van der Waals surface area contributed by atoms with E-state index in [4.69, 9.17) is 23.2 Å². The quantitative estimate of drug-likeness (QED) is 0.842. The lowest BCUT2D eigenvalue weighted by Crippen LogP contribution is -2.30. The molecule has 2 rings (SSSR count). The summed E-state index contributed by atoms with van der Waals surface area (Å²) in [6, 6.07) is 8.67. The van der Waals surface area contributed by atoms with Crippen molar-refractivity contribution >= 4 is 35.1 Å². The second-order valence-electron chi connectivity index (χ2n) is 3.14. The number of rotatable bonds is 3. The molecule has 0 saturated carbocycles. The van der Waals surface area contributed by atoms with Gasteiger partial charge in [0.15, 0.2) is 0 Å². The van der Waals surface area contributed by atoms with Crippen LogP contribution >= 0.6 is 23.2 Å². The maximum absolute atomic E-state index is 11.7. The van der Waals surface area contributed by atoms with E-state index in [1.54, 1.807) is 24.3 Å². The molecule has 1 aromatic carbocycles. The Hall–Kier alpha value is -1.92. The van der Waals surface area contributed by atoms with Gasteiger partial charge in [-0.2, -0.15) is 15.0 Å². The molecule has 0 spiro atoms. The number of hydrogen-bond acceptors (Lipinski definition) is 5. The highest BCUT2D eigenvalue weighted by molar-refractivity contribution is 6.31. The molecule has 0 aliphatic heterocycles. The fourth-order valence-corrected chi connectivity index (χ4v) is 1.52. The molecule has 0 radical (unpaired) electrons. The first-order valence-electron chi connectivity index (χ1n) is 4.83. The van der Waals surface area contributed by atoms with Gasteiger partial charge in [-0.05, 0) is 35.3 Å². The smallest absolute Gasteiger partial charge is 0.267 e. The number of carbonyl (C=O) groups excluding carboxylic acids is 1. The van der Waals surface area contributed by atoms with Crippen LogP contribution in [0.3, 0.4) is 0 Å². The highest BCUT2D eigenvalue weighted by atomic mass is 35.5. The number of hydrogen-bond donors (Lipinski definition) is 2. The minimum absolute atomic E-state index is 0.0595. The standard InChI is InChI=1S/C10H7Cl2N5O/c11-8-13-9(12)15-10(14-8)17-16-7(18)6-4-2-1-3-5-6/h1-5H,(H,16,18)(H,13,14,15,17). The van der Waals surface area contributed by atoms with Crippen molar-refractivity contribution in [2.75, 3.05) is 5.43 Å². The van der Waals surface area contributed by atoms with Crippen LogP contribution in [0.15, 0.2) is 30.3 Å². The number of benzene rings is 1. The zero-order valence-electron chi connectivity index (χ0n) is 8.89. The van der Waals surface area contributed by atoms with Crippen LogP contribution in [-0.4, -0.2) is 20.9 Å². The van der Waals surface area contributed by atoms with Gasteiger partial charge >= 0.3 is 0 Å². The van der Waals surface area contributed by atoms with Gasteiger partial charge in [-0.1, -0.05) is 18.2 Å². The Morgan fingerprint density at radius 1 is 1.00 bits per heavy atom. The van der Waals surface area contributed by atoms with E-state index < -0.39 is 0 Å². The highest BCUT2D eigenvalue weighted by Gasteiger charge is 2.06. The van der Waals surface area contributed by atoms with Crippen LogP contribution in [-0.2, 0) is 0 Å². The second-order valence-corrected chi connectivity index (χ2v) is 3.82. The van der Waals surface area contributed by atoms with Gasteiger partial charge in [0, 0.05) is 5.56 Å². The number of amides is 1. The molecule has 0 saturated heterocycles. The van der Waals surface area contributed by atoms with Gasteiger partial charge in [0.25, 0.3) is 5.91 Å². The average molecular weight is 284 g/mol. The molecule has 1 aromatic heterocycles. The summed E-state index contributed by atoms with van der Waals surface area (Å²) in [5.74, 6) is -0.271. The van der Waals surface area contributed by atoms with Gasteiger partial charge in [-0.3, -0.25) is 15.6 Å². The lowest BCUT2D eigenvalue weighted by Gasteiger charge is -2.06. The van der Waals surface area contributed by atoms with Crippen LogP contribution in [0.1, 0.15) is 10.4 Å². The van der Waals surface area contributed by atoms with Crippen LogP contribution in [0, 0.1) is 0 Å². The summed E-state index contributed by atoms with van der Waals surface area (Å²) in [4.78, 5) is 22.7. The van der Waals surface area contributed by atoms with Crippen molar-refractivity contribution in [3.8, 4) is 0 Å². The molecule has 0 fully saturated rings. The van der Waals surface area contributed by atoms with Gasteiger partial charge in [-0.15, -0.1) is 0 Å². The Balaban J connectivity index is 2.02. The molecule has 2 aromatic rings. The summed E-state index contributed by atoms with van der Waals surface area (Å²) in [5.41, 5.74) is 5.40. The maximum atomic E-state index is 11.7. The number of hydrazine groups is 1. The number of nitrogens with one attached hydrogen (secondary N) is 2. The van der Waals surface area contributed by atoms with E-state index in [9.17, 15) is 4.79 Å². The molecular formula is C10H7Cl2N5O. The summed E-state index contributed by atoms with van der Waals surface area (Å²) in [6.45, 7) is 0. The topological polar surface area (TPSA) is 79.8 Å². The van der Waals surface area contributed by atoms with Crippen LogP contribution < -0.4 is 10.9 Å². The number of nitrogens with zero attached hydrogens (tertiary/aromatic N) is 3. The van der Waals surface area contributed by atoms with Crippen molar-refractivity contribution < 1.29 is 4.79 Å². The first-order valence-corrected chi connectivity index (χ1v) is 5.59. The highest BCUT2D eigenvalue weighted by Crippen LogP contribution is 2.08. The monoisotopic (exact) mass is 283 g/mol. The molecule has 1 amide bonds. The van der Waals surface area contributed by atoms with Gasteiger partial charge in [-0.25, -0.2) is 0 Å². The van der Waals surface area contributed by atoms with Crippen molar-refractivity contribution in [2.45, 2.75) is 0 Å². The van der Waals surface area contributed by atoms with Crippen molar-refractivity contribution in [1.82, 2.24) is 20.4 Å². The first kappa shape index (κ1) is 12.5. The third-order valence-electron chi connectivity index (χ3n) is 1.90. The van der Waals surface area contributed by atoms with Gasteiger partial charge in [0.05, 0.1) is 0 Å². The summed E-state index contributed by atoms with van der Waals surface area (Å²) in [5, 5.41) is -0.127. The van der Waals surface area contributed by atoms with Crippen molar-refractivity contribution in [3.63, 3.8) is 0 Å². The molecule has 0 atom stereocenters. The first-order chi connectivity index (χ1) is 8.65. The van der Waals surface area contributed by atoms with E-state index in [1.165, 1.54) is 0 Å². The fourth-order valence-electron chi connectivity index (χ4n) is 1.16. The van der Waals surface area contributed by atoms with Crippen LogP contribution in [0.4, 0.5) is 5.95 Å².